The summed E-state index contributed by atoms with van der Waals surface area (Å²) in [7, 11) is 0. The quantitative estimate of drug-likeness (QED) is 0.805. The lowest BCUT2D eigenvalue weighted by Crippen LogP contribution is -2.77. The van der Waals surface area contributed by atoms with E-state index >= 15 is 0 Å². The van der Waals surface area contributed by atoms with E-state index < -0.39 is 11.7 Å². The molecule has 1 aromatic heterocycles. The molecule has 31 heavy (non-hydrogen) atoms. The summed E-state index contributed by atoms with van der Waals surface area (Å²) in [6, 6.07) is 9.86. The van der Waals surface area contributed by atoms with Crippen molar-refractivity contribution >= 4 is 0 Å². The molecule has 3 fully saturated rings. The third-order valence-electron chi connectivity index (χ3n) is 6.84. The third kappa shape index (κ3) is 4.22. The number of alkyl halides is 3. The van der Waals surface area contributed by atoms with Crippen LogP contribution < -0.4 is 0 Å². The molecule has 3 aliphatic heterocycles. The molecule has 0 saturated carbocycles. The molecule has 8 heteroatoms. The minimum Gasteiger partial charge on any atom is -0.392 e. The molecule has 0 radical (unpaired) electrons. The molecule has 0 bridgehead atoms. The molecule has 3 aliphatic rings. The van der Waals surface area contributed by atoms with E-state index in [4.69, 9.17) is 0 Å². The summed E-state index contributed by atoms with van der Waals surface area (Å²) in [5.74, 6) is 0. The van der Waals surface area contributed by atoms with Crippen LogP contribution in [0.5, 0.6) is 0 Å². The average Bonchev–Trinajstić information content (AvgIpc) is 3.08. The average molecular weight is 432 g/mol. The summed E-state index contributed by atoms with van der Waals surface area (Å²) < 4.78 is 38.4. The van der Waals surface area contributed by atoms with E-state index in [0.717, 1.165) is 56.8 Å². The van der Waals surface area contributed by atoms with Crippen LogP contribution in [0.15, 0.2) is 48.8 Å². The summed E-state index contributed by atoms with van der Waals surface area (Å²) in [6.45, 7) is 5.78. The van der Waals surface area contributed by atoms with Gasteiger partial charge in [-0.3, -0.25) is 19.7 Å². The fraction of sp³-hybridized carbons (Fsp3) is 0.522. The first-order chi connectivity index (χ1) is 14.8. The zero-order valence-corrected chi connectivity index (χ0v) is 17.3. The number of benzene rings is 1. The third-order valence-corrected chi connectivity index (χ3v) is 6.84. The molecule has 5 rings (SSSR count). The summed E-state index contributed by atoms with van der Waals surface area (Å²) in [5.41, 5.74) is 1.46. The van der Waals surface area contributed by atoms with Crippen molar-refractivity contribution in [3.05, 3.63) is 65.5 Å². The van der Waals surface area contributed by atoms with Gasteiger partial charge in [-0.25, -0.2) is 0 Å². The second-order valence-corrected chi connectivity index (χ2v) is 9.29. The van der Waals surface area contributed by atoms with Crippen molar-refractivity contribution in [2.75, 3.05) is 32.7 Å². The molecular weight excluding hydrogens is 405 g/mol. The SMILES string of the molecule is O[C@@H]1C[C@@H]2CN(Cc3cccnc3)CC3(CN(Cc4ccc(C(F)(F)F)cc4)C3)N2C1. The maximum absolute atomic E-state index is 12.8. The van der Waals surface area contributed by atoms with E-state index in [2.05, 4.69) is 25.8 Å². The van der Waals surface area contributed by atoms with Gasteiger partial charge in [-0.2, -0.15) is 13.2 Å². The van der Waals surface area contributed by atoms with Gasteiger partial charge >= 0.3 is 6.18 Å². The molecule has 5 nitrogen and oxygen atoms in total. The first-order valence-corrected chi connectivity index (χ1v) is 10.8. The fourth-order valence-corrected chi connectivity index (χ4v) is 5.62. The lowest BCUT2D eigenvalue weighted by atomic mass is 9.83. The van der Waals surface area contributed by atoms with E-state index in [9.17, 15) is 18.3 Å². The Bertz CT molecular complexity index is 899. The molecular formula is C23H27F3N4O. The number of hydrogen-bond acceptors (Lipinski definition) is 5. The van der Waals surface area contributed by atoms with Crippen LogP contribution in [0.4, 0.5) is 13.2 Å². The molecule has 0 aliphatic carbocycles. The molecule has 2 atom stereocenters. The van der Waals surface area contributed by atoms with Crippen molar-refractivity contribution in [1.29, 1.82) is 0 Å². The number of halogens is 3. The molecule has 1 aromatic carbocycles. The number of β-amino-alcohol motifs (C(OH)–C–C–N with tert-alkyl or cyclic N) is 1. The Balaban J connectivity index is 1.26. The summed E-state index contributed by atoms with van der Waals surface area (Å²) in [4.78, 5) is 11.5. The number of rotatable bonds is 4. The van der Waals surface area contributed by atoms with E-state index in [1.807, 2.05) is 12.3 Å². The van der Waals surface area contributed by atoms with Crippen LogP contribution in [0.3, 0.4) is 0 Å². The van der Waals surface area contributed by atoms with Crippen LogP contribution >= 0.6 is 0 Å². The van der Waals surface area contributed by atoms with Gasteiger partial charge in [-0.1, -0.05) is 18.2 Å². The molecule has 4 heterocycles. The Morgan fingerprint density at radius 2 is 1.68 bits per heavy atom. The molecule has 0 amide bonds. The van der Waals surface area contributed by atoms with Gasteiger partial charge in [0.2, 0.25) is 0 Å². The lowest BCUT2D eigenvalue weighted by Gasteiger charge is -2.61. The number of aliphatic hydroxyl groups is 1. The molecule has 2 aromatic rings. The normalized spacial score (nSPS) is 26.7. The van der Waals surface area contributed by atoms with Gasteiger partial charge in [0.1, 0.15) is 0 Å². The Morgan fingerprint density at radius 1 is 0.968 bits per heavy atom. The standard InChI is InChI=1S/C23H27F3N4O/c24-23(25,26)19-5-3-17(4-6-19)10-29-15-22(16-29)14-28(11-18-2-1-7-27-9-18)12-20-8-21(31)13-30(20)22/h1-7,9,20-21,31H,8,10-16H2/t20-,21-/m1/s1. The molecule has 1 spiro atoms. The maximum Gasteiger partial charge on any atom is 0.416 e. The van der Waals surface area contributed by atoms with Gasteiger partial charge in [0.15, 0.2) is 0 Å². The van der Waals surface area contributed by atoms with Gasteiger partial charge in [-0.05, 0) is 35.7 Å². The van der Waals surface area contributed by atoms with Crippen molar-refractivity contribution in [2.24, 2.45) is 0 Å². The van der Waals surface area contributed by atoms with Crippen molar-refractivity contribution in [1.82, 2.24) is 19.7 Å². The Kier molecular flexibility index (Phi) is 5.29. The predicted octanol–water partition coefficient (Wildman–Crippen LogP) is 2.61. The highest BCUT2D eigenvalue weighted by atomic mass is 19.4. The van der Waals surface area contributed by atoms with E-state index in [1.54, 1.807) is 18.3 Å². The first-order valence-electron chi connectivity index (χ1n) is 10.8. The Hall–Kier alpha value is -2.00. The van der Waals surface area contributed by atoms with Crippen LogP contribution in [0, 0.1) is 0 Å². The second kappa shape index (κ2) is 7.85. The second-order valence-electron chi connectivity index (χ2n) is 9.29. The van der Waals surface area contributed by atoms with Crippen molar-refractivity contribution in [3.63, 3.8) is 0 Å². The number of aliphatic hydroxyl groups excluding tert-OH is 1. The number of aromatic nitrogens is 1. The zero-order chi connectivity index (χ0) is 21.6. The monoisotopic (exact) mass is 432 g/mol. The predicted molar refractivity (Wildman–Crippen MR) is 110 cm³/mol. The number of likely N-dealkylation sites (tertiary alicyclic amines) is 1. The van der Waals surface area contributed by atoms with Crippen molar-refractivity contribution < 1.29 is 18.3 Å². The molecule has 166 valence electrons. The smallest absolute Gasteiger partial charge is 0.392 e. The Labute approximate surface area is 180 Å². The number of piperazine rings is 1. The maximum atomic E-state index is 12.8. The zero-order valence-electron chi connectivity index (χ0n) is 17.3. The summed E-state index contributed by atoms with van der Waals surface area (Å²) in [6.07, 6.45) is -0.111. The minimum atomic E-state index is -4.30. The van der Waals surface area contributed by atoms with Gasteiger partial charge in [0.05, 0.1) is 17.2 Å². The van der Waals surface area contributed by atoms with E-state index in [1.165, 1.54) is 5.56 Å². The Morgan fingerprint density at radius 3 is 2.35 bits per heavy atom. The van der Waals surface area contributed by atoms with Gasteiger partial charge < -0.3 is 5.11 Å². The van der Waals surface area contributed by atoms with Crippen LogP contribution in [0.1, 0.15) is 23.1 Å². The van der Waals surface area contributed by atoms with Crippen LogP contribution in [-0.2, 0) is 19.3 Å². The van der Waals surface area contributed by atoms with E-state index in [0.29, 0.717) is 19.1 Å². The van der Waals surface area contributed by atoms with Gasteiger partial charge in [0, 0.05) is 64.2 Å². The largest absolute Gasteiger partial charge is 0.416 e. The number of hydrogen-bond donors (Lipinski definition) is 1. The van der Waals surface area contributed by atoms with Crippen LogP contribution in [0.2, 0.25) is 0 Å². The number of nitrogens with zero attached hydrogens (tertiary/aromatic N) is 4. The van der Waals surface area contributed by atoms with Crippen LogP contribution in [0.25, 0.3) is 0 Å². The van der Waals surface area contributed by atoms with Crippen molar-refractivity contribution in [3.8, 4) is 0 Å². The number of pyridine rings is 1. The molecule has 3 saturated heterocycles. The van der Waals surface area contributed by atoms with Gasteiger partial charge in [-0.15, -0.1) is 0 Å². The highest BCUT2D eigenvalue weighted by Crippen LogP contribution is 2.40. The highest BCUT2D eigenvalue weighted by Gasteiger charge is 2.55. The van der Waals surface area contributed by atoms with Crippen LogP contribution in [-0.4, -0.2) is 75.2 Å². The summed E-state index contributed by atoms with van der Waals surface area (Å²) >= 11 is 0. The lowest BCUT2D eigenvalue weighted by molar-refractivity contribution is -0.137. The number of fused-ring (bicyclic) bond motifs is 2. The van der Waals surface area contributed by atoms with E-state index in [-0.39, 0.29) is 11.6 Å². The summed E-state index contributed by atoms with van der Waals surface area (Å²) in [5, 5.41) is 10.3. The molecule has 0 unspecified atom stereocenters. The minimum absolute atomic E-state index is 0.00544. The molecule has 1 N–H and O–H groups in total. The van der Waals surface area contributed by atoms with Gasteiger partial charge in [0.25, 0.3) is 0 Å². The topological polar surface area (TPSA) is 42.8 Å². The highest BCUT2D eigenvalue weighted by molar-refractivity contribution is 5.25. The van der Waals surface area contributed by atoms with Crippen molar-refractivity contribution in [2.45, 2.75) is 43.4 Å². The fourth-order valence-electron chi connectivity index (χ4n) is 5.62. The first kappa shape index (κ1) is 20.9.